The summed E-state index contributed by atoms with van der Waals surface area (Å²) in [6.07, 6.45) is -1.56. The molecule has 17 heavy (non-hydrogen) atoms. The second kappa shape index (κ2) is 3.86. The smallest absolute Gasteiger partial charge is 0.243 e. The van der Waals surface area contributed by atoms with Gasteiger partial charge in [-0.1, -0.05) is 0 Å². The Bertz CT molecular complexity index is 567. The molecule has 8 heteroatoms. The van der Waals surface area contributed by atoms with Gasteiger partial charge in [0.25, 0.3) is 0 Å². The van der Waals surface area contributed by atoms with Crippen molar-refractivity contribution < 1.29 is 13.2 Å². The van der Waals surface area contributed by atoms with Crippen molar-refractivity contribution >= 4 is 0 Å². The van der Waals surface area contributed by atoms with Gasteiger partial charge in [-0.05, 0) is 6.07 Å². The second-order valence-electron chi connectivity index (χ2n) is 3.04. The van der Waals surface area contributed by atoms with Crippen LogP contribution in [0.25, 0.3) is 5.69 Å². The van der Waals surface area contributed by atoms with E-state index in [9.17, 15) is 13.2 Å². The fraction of sp³-hybridized carbons (Fsp3) is 0.111. The molecular weight excluding hydrogens is 235 g/mol. The summed E-state index contributed by atoms with van der Waals surface area (Å²) >= 11 is 0. The number of pyridine rings is 1. The molecule has 2 rings (SSSR count). The molecule has 0 atom stereocenters. The summed E-state index contributed by atoms with van der Waals surface area (Å²) in [5.74, 6) is 0. The first-order valence-corrected chi connectivity index (χ1v) is 4.34. The largest absolute Gasteiger partial charge is 0.417 e. The van der Waals surface area contributed by atoms with Crippen molar-refractivity contribution in [1.82, 2.24) is 19.7 Å². The second-order valence-corrected chi connectivity index (χ2v) is 3.04. The molecule has 0 N–H and O–H groups in total. The number of nitrogens with zero attached hydrogens (tertiary/aromatic N) is 5. The lowest BCUT2D eigenvalue weighted by Gasteiger charge is -2.08. The zero-order chi connectivity index (χ0) is 12.5. The van der Waals surface area contributed by atoms with Crippen LogP contribution in [-0.2, 0) is 6.18 Å². The Balaban J connectivity index is 2.61. The molecule has 86 valence electrons. The zero-order valence-electron chi connectivity index (χ0n) is 8.18. The molecule has 0 unspecified atom stereocenters. The Labute approximate surface area is 93.2 Å². The Kier molecular flexibility index (Phi) is 2.51. The number of hydrogen-bond acceptors (Lipinski definition) is 4. The van der Waals surface area contributed by atoms with Crippen LogP contribution in [0.15, 0.2) is 24.9 Å². The summed E-state index contributed by atoms with van der Waals surface area (Å²) in [6.45, 7) is 0. The van der Waals surface area contributed by atoms with Crippen molar-refractivity contribution in [1.29, 1.82) is 5.26 Å². The highest BCUT2D eigenvalue weighted by Crippen LogP contribution is 2.30. The average Bonchev–Trinajstić information content (AvgIpc) is 2.80. The molecule has 0 bridgehead atoms. The van der Waals surface area contributed by atoms with Crippen molar-refractivity contribution in [3.63, 3.8) is 0 Å². The van der Waals surface area contributed by atoms with Crippen LogP contribution in [0.1, 0.15) is 11.3 Å². The van der Waals surface area contributed by atoms with Gasteiger partial charge in [-0.25, -0.2) is 14.6 Å². The first-order chi connectivity index (χ1) is 8.02. The normalized spacial score (nSPS) is 11.2. The molecule has 0 saturated heterocycles. The number of halogens is 3. The van der Waals surface area contributed by atoms with Crippen molar-refractivity contribution in [2.45, 2.75) is 6.18 Å². The predicted octanol–water partition coefficient (Wildman–Crippen LogP) is 1.55. The molecule has 0 aliphatic heterocycles. The number of alkyl halides is 3. The van der Waals surface area contributed by atoms with E-state index in [4.69, 9.17) is 5.26 Å². The molecular formula is C9H4F3N5. The van der Waals surface area contributed by atoms with Gasteiger partial charge in [0.15, 0.2) is 5.69 Å². The van der Waals surface area contributed by atoms with Gasteiger partial charge in [0.1, 0.15) is 24.4 Å². The van der Waals surface area contributed by atoms with Crippen LogP contribution in [-0.4, -0.2) is 19.7 Å². The quantitative estimate of drug-likeness (QED) is 0.757. The summed E-state index contributed by atoms with van der Waals surface area (Å²) in [6, 6.07) is 2.50. The Morgan fingerprint density at radius 1 is 1.35 bits per heavy atom. The highest BCUT2D eigenvalue weighted by molar-refractivity contribution is 5.45. The lowest BCUT2D eigenvalue weighted by Crippen LogP contribution is -2.09. The van der Waals surface area contributed by atoms with E-state index >= 15 is 0 Å². The van der Waals surface area contributed by atoms with Gasteiger partial charge >= 0.3 is 6.18 Å². The summed E-state index contributed by atoms with van der Waals surface area (Å²) in [5, 5.41) is 12.4. The number of rotatable bonds is 1. The van der Waals surface area contributed by atoms with Gasteiger partial charge in [0, 0.05) is 6.20 Å². The maximum atomic E-state index is 12.5. The minimum Gasteiger partial charge on any atom is -0.243 e. The van der Waals surface area contributed by atoms with E-state index in [-0.39, 0.29) is 11.4 Å². The molecule has 0 amide bonds. The van der Waals surface area contributed by atoms with Crippen molar-refractivity contribution in [2.24, 2.45) is 0 Å². The maximum absolute atomic E-state index is 12.5. The average molecular weight is 239 g/mol. The molecule has 0 aromatic carbocycles. The molecule has 0 aliphatic carbocycles. The SMILES string of the molecule is N#Cc1ncc(C(F)(F)F)cc1-n1cncn1. The first-order valence-electron chi connectivity index (χ1n) is 4.34. The number of hydrogen-bond donors (Lipinski definition) is 0. The molecule has 2 heterocycles. The van der Waals surface area contributed by atoms with Crippen LogP contribution in [0.4, 0.5) is 13.2 Å². The van der Waals surface area contributed by atoms with E-state index in [0.717, 1.165) is 17.1 Å². The van der Waals surface area contributed by atoms with Gasteiger partial charge in [0.2, 0.25) is 0 Å². The van der Waals surface area contributed by atoms with Crippen LogP contribution >= 0.6 is 0 Å². The molecule has 0 aliphatic rings. The Morgan fingerprint density at radius 2 is 2.12 bits per heavy atom. The summed E-state index contributed by atoms with van der Waals surface area (Å²) < 4.78 is 38.5. The van der Waals surface area contributed by atoms with Crippen LogP contribution in [0.5, 0.6) is 0 Å². The van der Waals surface area contributed by atoms with Crippen LogP contribution in [0.2, 0.25) is 0 Å². The molecule has 2 aromatic heterocycles. The third-order valence-electron chi connectivity index (χ3n) is 1.97. The fourth-order valence-corrected chi connectivity index (χ4v) is 1.20. The molecule has 2 aromatic rings. The van der Waals surface area contributed by atoms with Crippen molar-refractivity contribution in [2.75, 3.05) is 0 Å². The zero-order valence-corrected chi connectivity index (χ0v) is 8.18. The van der Waals surface area contributed by atoms with E-state index in [0.29, 0.717) is 6.20 Å². The molecule has 0 spiro atoms. The van der Waals surface area contributed by atoms with Crippen LogP contribution in [0.3, 0.4) is 0 Å². The van der Waals surface area contributed by atoms with E-state index in [1.54, 1.807) is 6.07 Å². The van der Waals surface area contributed by atoms with E-state index < -0.39 is 11.7 Å². The Morgan fingerprint density at radius 3 is 2.65 bits per heavy atom. The third-order valence-corrected chi connectivity index (χ3v) is 1.97. The van der Waals surface area contributed by atoms with Gasteiger partial charge < -0.3 is 0 Å². The minimum atomic E-state index is -4.52. The molecule has 0 radical (unpaired) electrons. The van der Waals surface area contributed by atoms with E-state index in [1.807, 2.05) is 0 Å². The van der Waals surface area contributed by atoms with Crippen molar-refractivity contribution in [3.8, 4) is 11.8 Å². The van der Waals surface area contributed by atoms with Crippen molar-refractivity contribution in [3.05, 3.63) is 36.2 Å². The highest BCUT2D eigenvalue weighted by atomic mass is 19.4. The van der Waals surface area contributed by atoms with Gasteiger partial charge in [0.05, 0.1) is 5.56 Å². The van der Waals surface area contributed by atoms with Crippen LogP contribution < -0.4 is 0 Å². The maximum Gasteiger partial charge on any atom is 0.417 e. The van der Waals surface area contributed by atoms with Gasteiger partial charge in [-0.2, -0.15) is 23.5 Å². The summed E-state index contributed by atoms with van der Waals surface area (Å²) in [4.78, 5) is 7.05. The first kappa shape index (κ1) is 11.1. The topological polar surface area (TPSA) is 67.4 Å². The lowest BCUT2D eigenvalue weighted by atomic mass is 10.2. The predicted molar refractivity (Wildman–Crippen MR) is 48.9 cm³/mol. The van der Waals surface area contributed by atoms with Crippen LogP contribution in [0, 0.1) is 11.3 Å². The minimum absolute atomic E-state index is 0.0557. The number of nitriles is 1. The monoisotopic (exact) mass is 239 g/mol. The summed E-state index contributed by atoms with van der Waals surface area (Å²) in [5.41, 5.74) is -1.15. The van der Waals surface area contributed by atoms with Gasteiger partial charge in [-0.15, -0.1) is 0 Å². The van der Waals surface area contributed by atoms with E-state index in [1.165, 1.54) is 6.33 Å². The molecule has 0 fully saturated rings. The number of aromatic nitrogens is 4. The summed E-state index contributed by atoms with van der Waals surface area (Å²) in [7, 11) is 0. The highest BCUT2D eigenvalue weighted by Gasteiger charge is 2.32. The third kappa shape index (κ3) is 2.08. The standard InChI is InChI=1S/C9H4F3N5/c10-9(11,12)6-1-8(7(2-13)15-3-6)17-5-14-4-16-17/h1,3-5H. The molecule has 5 nitrogen and oxygen atoms in total. The van der Waals surface area contributed by atoms with E-state index in [2.05, 4.69) is 15.1 Å². The Hall–Kier alpha value is -2.43. The lowest BCUT2D eigenvalue weighted by molar-refractivity contribution is -0.137. The fourth-order valence-electron chi connectivity index (χ4n) is 1.20. The van der Waals surface area contributed by atoms with Gasteiger partial charge in [-0.3, -0.25) is 0 Å². The molecule has 0 saturated carbocycles.